The summed E-state index contributed by atoms with van der Waals surface area (Å²) < 4.78 is 1.66. The van der Waals surface area contributed by atoms with Crippen LogP contribution in [0.2, 0.25) is 5.02 Å². The number of aromatic nitrogens is 5. The second kappa shape index (κ2) is 9.72. The first kappa shape index (κ1) is 22.9. The van der Waals surface area contributed by atoms with Crippen molar-refractivity contribution in [3.8, 4) is 5.69 Å². The molecule has 0 atom stereocenters. The molecule has 9 heteroatoms. The van der Waals surface area contributed by atoms with Crippen molar-refractivity contribution >= 4 is 35.0 Å². The highest BCUT2D eigenvalue weighted by molar-refractivity contribution is 7.98. The number of rotatable bonds is 6. The summed E-state index contributed by atoms with van der Waals surface area (Å²) in [5.74, 6) is 0.0921. The number of anilines is 1. The van der Waals surface area contributed by atoms with E-state index in [4.69, 9.17) is 11.6 Å². The van der Waals surface area contributed by atoms with Crippen molar-refractivity contribution in [2.24, 2.45) is 0 Å². The Kier molecular flexibility index (Phi) is 6.76. The van der Waals surface area contributed by atoms with Crippen molar-refractivity contribution in [3.05, 3.63) is 87.5 Å². The zero-order valence-electron chi connectivity index (χ0n) is 18.8. The molecule has 0 spiro atoms. The predicted octanol–water partition coefficient (Wildman–Crippen LogP) is 5.49. The Hall–Kier alpha value is -3.23. The Bertz CT molecular complexity index is 1300. The molecule has 2 aromatic heterocycles. The fourth-order valence-electron chi connectivity index (χ4n) is 3.34. The van der Waals surface area contributed by atoms with Gasteiger partial charge in [0.05, 0.1) is 11.4 Å². The number of thioether (sulfide) groups is 1. The predicted molar refractivity (Wildman–Crippen MR) is 131 cm³/mol. The monoisotopic (exact) mass is 478 g/mol. The van der Waals surface area contributed by atoms with Crippen LogP contribution in [-0.4, -0.2) is 30.9 Å². The zero-order valence-corrected chi connectivity index (χ0v) is 20.3. The number of hydrogen-bond donors (Lipinski definition) is 1. The number of amides is 1. The molecule has 1 amide bonds. The highest BCUT2D eigenvalue weighted by Gasteiger charge is 2.22. The lowest BCUT2D eigenvalue weighted by Crippen LogP contribution is -2.16. The molecule has 7 nitrogen and oxygen atoms in total. The van der Waals surface area contributed by atoms with E-state index in [2.05, 4.69) is 25.6 Å². The molecule has 0 radical (unpaired) electrons. The highest BCUT2D eigenvalue weighted by atomic mass is 35.5. The Labute approximate surface area is 201 Å². The van der Waals surface area contributed by atoms with Crippen LogP contribution in [0, 0.1) is 27.7 Å². The van der Waals surface area contributed by atoms with Crippen molar-refractivity contribution in [2.45, 2.75) is 38.6 Å². The van der Waals surface area contributed by atoms with Crippen molar-refractivity contribution in [1.82, 2.24) is 25.0 Å². The lowest BCUT2D eigenvalue weighted by Gasteiger charge is -2.11. The third-order valence-corrected chi connectivity index (χ3v) is 6.10. The van der Waals surface area contributed by atoms with Gasteiger partial charge in [-0.25, -0.2) is 14.6 Å². The van der Waals surface area contributed by atoms with Crippen molar-refractivity contribution in [2.75, 3.05) is 5.32 Å². The summed E-state index contributed by atoms with van der Waals surface area (Å²) >= 11 is 7.49. The number of halogens is 1. The Morgan fingerprint density at radius 1 is 1.00 bits per heavy atom. The maximum atomic E-state index is 13.2. The molecular formula is C24H23ClN6OS. The lowest BCUT2D eigenvalue weighted by molar-refractivity contribution is 0.102. The minimum absolute atomic E-state index is 0.253. The van der Waals surface area contributed by atoms with Gasteiger partial charge in [-0.3, -0.25) is 4.79 Å². The number of hydrogen-bond acceptors (Lipinski definition) is 6. The first-order chi connectivity index (χ1) is 15.8. The van der Waals surface area contributed by atoms with Gasteiger partial charge >= 0.3 is 0 Å². The summed E-state index contributed by atoms with van der Waals surface area (Å²) in [6, 6.07) is 15.1. The fourth-order valence-corrected chi connectivity index (χ4v) is 4.41. The molecule has 0 bridgehead atoms. The molecule has 0 aliphatic rings. The first-order valence-electron chi connectivity index (χ1n) is 10.3. The van der Waals surface area contributed by atoms with Gasteiger partial charge in [0.2, 0.25) is 0 Å². The van der Waals surface area contributed by atoms with Gasteiger partial charge in [0, 0.05) is 27.9 Å². The molecule has 0 aliphatic heterocycles. The maximum Gasteiger partial charge on any atom is 0.278 e. The van der Waals surface area contributed by atoms with Crippen LogP contribution >= 0.6 is 23.4 Å². The van der Waals surface area contributed by atoms with Gasteiger partial charge in [0.15, 0.2) is 10.9 Å². The molecule has 33 heavy (non-hydrogen) atoms. The van der Waals surface area contributed by atoms with Gasteiger partial charge in [-0.2, -0.15) is 0 Å². The summed E-state index contributed by atoms with van der Waals surface area (Å²) in [6.07, 6.45) is 0. The standard InChI is InChI=1S/C24H23ClN6OS/c1-14-5-6-15(2)20(11-14)28-23(32)22-21(13-33-24-26-16(3)12-17(4)27-24)31(30-29-22)19-9-7-18(25)8-10-19/h5-12H,13H2,1-4H3,(H,28,32). The van der Waals surface area contributed by atoms with E-state index in [1.807, 2.05) is 64.1 Å². The molecule has 168 valence electrons. The van der Waals surface area contributed by atoms with Crippen LogP contribution in [0.4, 0.5) is 5.69 Å². The van der Waals surface area contributed by atoms with Crippen molar-refractivity contribution in [1.29, 1.82) is 0 Å². The summed E-state index contributed by atoms with van der Waals surface area (Å²) in [6.45, 7) is 7.80. The van der Waals surface area contributed by atoms with Crippen LogP contribution in [-0.2, 0) is 5.75 Å². The lowest BCUT2D eigenvalue weighted by atomic mass is 10.1. The third kappa shape index (κ3) is 5.40. The smallest absolute Gasteiger partial charge is 0.278 e. The SMILES string of the molecule is Cc1ccc(C)c(NC(=O)c2nnn(-c3ccc(Cl)cc3)c2CSc2nc(C)cc(C)n2)c1. The van der Waals surface area contributed by atoms with Gasteiger partial charge in [0.25, 0.3) is 5.91 Å². The van der Waals surface area contributed by atoms with E-state index in [9.17, 15) is 4.79 Å². The van der Waals surface area contributed by atoms with E-state index in [1.165, 1.54) is 11.8 Å². The fraction of sp³-hybridized carbons (Fsp3) is 0.208. The van der Waals surface area contributed by atoms with Crippen LogP contribution in [0.15, 0.2) is 53.7 Å². The molecular weight excluding hydrogens is 456 g/mol. The highest BCUT2D eigenvalue weighted by Crippen LogP contribution is 2.25. The maximum absolute atomic E-state index is 13.2. The normalized spacial score (nSPS) is 10.9. The molecule has 0 fully saturated rings. The summed E-state index contributed by atoms with van der Waals surface area (Å²) in [5, 5.41) is 12.7. The molecule has 2 aromatic carbocycles. The van der Waals surface area contributed by atoms with E-state index in [1.54, 1.807) is 16.8 Å². The Morgan fingerprint density at radius 2 is 1.70 bits per heavy atom. The van der Waals surface area contributed by atoms with Gasteiger partial charge in [-0.05, 0) is 75.2 Å². The molecule has 0 aliphatic carbocycles. The average Bonchev–Trinajstić information content (AvgIpc) is 3.19. The topological polar surface area (TPSA) is 85.6 Å². The molecule has 2 heterocycles. The molecule has 4 aromatic rings. The van der Waals surface area contributed by atoms with Crippen LogP contribution in [0.25, 0.3) is 5.69 Å². The molecule has 0 unspecified atom stereocenters. The minimum atomic E-state index is -0.319. The van der Waals surface area contributed by atoms with E-state index in [-0.39, 0.29) is 11.6 Å². The molecule has 4 rings (SSSR count). The summed E-state index contributed by atoms with van der Waals surface area (Å²) in [4.78, 5) is 22.2. The second-order valence-corrected chi connectivity index (χ2v) is 9.15. The quantitative estimate of drug-likeness (QED) is 0.291. The number of carbonyl (C=O) groups is 1. The van der Waals surface area contributed by atoms with Crippen LogP contribution in [0.1, 0.15) is 38.7 Å². The van der Waals surface area contributed by atoms with E-state index >= 15 is 0 Å². The van der Waals surface area contributed by atoms with Gasteiger partial charge in [-0.1, -0.05) is 40.7 Å². The molecule has 0 saturated carbocycles. The Balaban J connectivity index is 1.69. The number of nitrogens with zero attached hydrogens (tertiary/aromatic N) is 5. The minimum Gasteiger partial charge on any atom is -0.320 e. The van der Waals surface area contributed by atoms with Gasteiger partial charge < -0.3 is 5.32 Å². The number of nitrogens with one attached hydrogen (secondary N) is 1. The average molecular weight is 479 g/mol. The number of carbonyl (C=O) groups excluding carboxylic acids is 1. The van der Waals surface area contributed by atoms with Crippen LogP contribution in [0.5, 0.6) is 0 Å². The first-order valence-corrected chi connectivity index (χ1v) is 11.7. The Morgan fingerprint density at radius 3 is 2.39 bits per heavy atom. The summed E-state index contributed by atoms with van der Waals surface area (Å²) in [5.41, 5.74) is 6.22. The number of aryl methyl sites for hydroxylation is 4. The largest absolute Gasteiger partial charge is 0.320 e. The zero-order chi connectivity index (χ0) is 23.5. The third-order valence-electron chi connectivity index (χ3n) is 4.99. The van der Waals surface area contributed by atoms with Crippen LogP contribution < -0.4 is 5.32 Å². The van der Waals surface area contributed by atoms with Crippen LogP contribution in [0.3, 0.4) is 0 Å². The second-order valence-electron chi connectivity index (χ2n) is 7.77. The molecule has 0 saturated heterocycles. The van der Waals surface area contributed by atoms with Gasteiger partial charge in [0.1, 0.15) is 0 Å². The van der Waals surface area contributed by atoms with Crippen molar-refractivity contribution in [3.63, 3.8) is 0 Å². The summed E-state index contributed by atoms with van der Waals surface area (Å²) in [7, 11) is 0. The van der Waals surface area contributed by atoms with Crippen molar-refractivity contribution < 1.29 is 4.79 Å². The number of benzene rings is 2. The van der Waals surface area contributed by atoms with E-state index in [0.29, 0.717) is 21.6 Å². The van der Waals surface area contributed by atoms with E-state index < -0.39 is 0 Å². The van der Waals surface area contributed by atoms with Gasteiger partial charge in [-0.15, -0.1) is 5.10 Å². The van der Waals surface area contributed by atoms with E-state index in [0.717, 1.165) is 33.9 Å². The molecule has 1 N–H and O–H groups in total.